The summed E-state index contributed by atoms with van der Waals surface area (Å²) in [7, 11) is 4.17. The Morgan fingerprint density at radius 2 is 1.93 bits per heavy atom. The van der Waals surface area contributed by atoms with Gasteiger partial charge in [0, 0.05) is 6.54 Å². The molecule has 0 amide bonds. The number of benzene rings is 1. The van der Waals surface area contributed by atoms with Gasteiger partial charge in [-0.25, -0.2) is 0 Å². The molecule has 0 saturated carbocycles. The summed E-state index contributed by atoms with van der Waals surface area (Å²) in [5.41, 5.74) is 4.06. The second-order valence-corrected chi connectivity index (χ2v) is 3.96. The summed E-state index contributed by atoms with van der Waals surface area (Å²) >= 11 is 0. The van der Waals surface area contributed by atoms with Crippen LogP contribution >= 0.6 is 0 Å². The fraction of sp³-hybridized carbons (Fsp3) is 0.385. The number of hydrogen-bond acceptors (Lipinski definition) is 1. The average Bonchev–Trinajstić information content (AvgIpc) is 2.15. The van der Waals surface area contributed by atoms with Crippen LogP contribution in [0.2, 0.25) is 0 Å². The number of hydrogen-bond donors (Lipinski definition) is 0. The molecule has 1 heteroatoms. The number of likely N-dealkylation sites (N-methyl/N-ethyl adjacent to an activating group) is 1. The van der Waals surface area contributed by atoms with Gasteiger partial charge in [0.1, 0.15) is 0 Å². The molecule has 0 unspecified atom stereocenters. The standard InChI is InChI=1S/C13H19N/c1-11-7-5-6-8-13(11)12(2)9-10-14(3)4/h5-9H,10H2,1-4H3/b12-9+. The number of rotatable bonds is 3. The Hall–Kier alpha value is -1.08. The minimum atomic E-state index is 1.00. The first-order valence-corrected chi connectivity index (χ1v) is 4.98. The maximum Gasteiger partial charge on any atom is 0.0162 e. The van der Waals surface area contributed by atoms with Gasteiger partial charge >= 0.3 is 0 Å². The summed E-state index contributed by atoms with van der Waals surface area (Å²) in [5, 5.41) is 0. The van der Waals surface area contributed by atoms with Crippen LogP contribution in [0.25, 0.3) is 5.57 Å². The first kappa shape index (κ1) is 11.0. The summed E-state index contributed by atoms with van der Waals surface area (Å²) in [6.07, 6.45) is 2.27. The second kappa shape index (κ2) is 4.97. The molecule has 0 saturated heterocycles. The molecule has 0 fully saturated rings. The number of nitrogens with zero attached hydrogens (tertiary/aromatic N) is 1. The Kier molecular flexibility index (Phi) is 3.90. The van der Waals surface area contributed by atoms with E-state index in [1.165, 1.54) is 16.7 Å². The van der Waals surface area contributed by atoms with E-state index in [1.54, 1.807) is 0 Å². The third-order valence-electron chi connectivity index (χ3n) is 2.33. The van der Waals surface area contributed by atoms with Crippen molar-refractivity contribution in [3.63, 3.8) is 0 Å². The van der Waals surface area contributed by atoms with Crippen LogP contribution in [0.15, 0.2) is 30.3 Å². The molecule has 14 heavy (non-hydrogen) atoms. The topological polar surface area (TPSA) is 3.24 Å². The van der Waals surface area contributed by atoms with Gasteiger partial charge < -0.3 is 4.90 Å². The van der Waals surface area contributed by atoms with Crippen molar-refractivity contribution in [3.05, 3.63) is 41.5 Å². The zero-order chi connectivity index (χ0) is 10.6. The highest BCUT2D eigenvalue weighted by Crippen LogP contribution is 2.17. The zero-order valence-electron chi connectivity index (χ0n) is 9.54. The predicted octanol–water partition coefficient (Wildman–Crippen LogP) is 2.96. The molecule has 0 atom stereocenters. The highest BCUT2D eigenvalue weighted by atomic mass is 15.0. The SMILES string of the molecule is C/C(=C\CN(C)C)c1ccccc1C. The molecule has 76 valence electrons. The Balaban J connectivity index is 2.84. The van der Waals surface area contributed by atoms with E-state index in [4.69, 9.17) is 0 Å². The lowest BCUT2D eigenvalue weighted by Crippen LogP contribution is -2.10. The van der Waals surface area contributed by atoms with Gasteiger partial charge in [0.2, 0.25) is 0 Å². The molecule has 0 bridgehead atoms. The van der Waals surface area contributed by atoms with Crippen LogP contribution in [0.1, 0.15) is 18.1 Å². The molecule has 0 heterocycles. The summed E-state index contributed by atoms with van der Waals surface area (Å²) in [6.45, 7) is 5.33. The fourth-order valence-corrected chi connectivity index (χ4v) is 1.44. The lowest BCUT2D eigenvalue weighted by molar-refractivity contribution is 0.457. The molecule has 0 aliphatic heterocycles. The van der Waals surface area contributed by atoms with Crippen molar-refractivity contribution in [2.45, 2.75) is 13.8 Å². The quantitative estimate of drug-likeness (QED) is 0.706. The average molecular weight is 189 g/mol. The summed E-state index contributed by atoms with van der Waals surface area (Å²) in [4.78, 5) is 2.17. The maximum absolute atomic E-state index is 2.27. The van der Waals surface area contributed by atoms with Crippen LogP contribution in [0.3, 0.4) is 0 Å². The molecular formula is C13H19N. The number of allylic oxidation sites excluding steroid dienone is 1. The summed E-state index contributed by atoms with van der Waals surface area (Å²) < 4.78 is 0. The van der Waals surface area contributed by atoms with Gasteiger partial charge in [-0.05, 0) is 44.6 Å². The first-order chi connectivity index (χ1) is 6.61. The normalized spacial score (nSPS) is 12.2. The third kappa shape index (κ3) is 3.00. The van der Waals surface area contributed by atoms with E-state index in [-0.39, 0.29) is 0 Å². The fourth-order valence-electron chi connectivity index (χ4n) is 1.44. The molecule has 0 aromatic heterocycles. The van der Waals surface area contributed by atoms with E-state index < -0.39 is 0 Å². The Bertz CT molecular complexity index is 324. The largest absolute Gasteiger partial charge is 0.306 e. The van der Waals surface area contributed by atoms with Gasteiger partial charge in [-0.2, -0.15) is 0 Å². The summed E-state index contributed by atoms with van der Waals surface area (Å²) in [6, 6.07) is 8.51. The molecule has 1 rings (SSSR count). The van der Waals surface area contributed by atoms with Crippen LogP contribution in [-0.2, 0) is 0 Å². The van der Waals surface area contributed by atoms with Crippen molar-refractivity contribution in [2.75, 3.05) is 20.6 Å². The van der Waals surface area contributed by atoms with Gasteiger partial charge in [-0.3, -0.25) is 0 Å². The first-order valence-electron chi connectivity index (χ1n) is 4.98. The van der Waals surface area contributed by atoms with E-state index in [9.17, 15) is 0 Å². The smallest absolute Gasteiger partial charge is 0.0162 e. The molecule has 0 N–H and O–H groups in total. The van der Waals surface area contributed by atoms with E-state index >= 15 is 0 Å². The Morgan fingerprint density at radius 1 is 1.29 bits per heavy atom. The minimum Gasteiger partial charge on any atom is -0.306 e. The molecular weight excluding hydrogens is 170 g/mol. The van der Waals surface area contributed by atoms with Crippen molar-refractivity contribution in [1.29, 1.82) is 0 Å². The predicted molar refractivity (Wildman–Crippen MR) is 63.4 cm³/mol. The van der Waals surface area contributed by atoms with Crippen molar-refractivity contribution in [3.8, 4) is 0 Å². The minimum absolute atomic E-state index is 1.00. The van der Waals surface area contributed by atoms with Crippen LogP contribution in [0, 0.1) is 6.92 Å². The van der Waals surface area contributed by atoms with Gasteiger partial charge in [0.05, 0.1) is 0 Å². The molecule has 1 nitrogen and oxygen atoms in total. The van der Waals surface area contributed by atoms with E-state index in [0.29, 0.717) is 0 Å². The van der Waals surface area contributed by atoms with Gasteiger partial charge in [-0.15, -0.1) is 0 Å². The molecule has 1 aromatic carbocycles. The molecule has 0 radical (unpaired) electrons. The Morgan fingerprint density at radius 3 is 2.50 bits per heavy atom. The highest BCUT2D eigenvalue weighted by molar-refractivity contribution is 5.66. The van der Waals surface area contributed by atoms with E-state index in [1.807, 2.05) is 0 Å². The van der Waals surface area contributed by atoms with Crippen LogP contribution in [0.4, 0.5) is 0 Å². The monoisotopic (exact) mass is 189 g/mol. The third-order valence-corrected chi connectivity index (χ3v) is 2.33. The van der Waals surface area contributed by atoms with Gasteiger partial charge in [-0.1, -0.05) is 30.3 Å². The molecule has 0 spiro atoms. The second-order valence-electron chi connectivity index (χ2n) is 3.96. The van der Waals surface area contributed by atoms with Crippen molar-refractivity contribution in [2.24, 2.45) is 0 Å². The van der Waals surface area contributed by atoms with Crippen LogP contribution < -0.4 is 0 Å². The molecule has 0 aliphatic carbocycles. The molecule has 0 aliphatic rings. The summed E-state index contributed by atoms with van der Waals surface area (Å²) in [5.74, 6) is 0. The number of aryl methyl sites for hydroxylation is 1. The highest BCUT2D eigenvalue weighted by Gasteiger charge is 1.98. The lowest BCUT2D eigenvalue weighted by Gasteiger charge is -2.09. The Labute approximate surface area is 87.1 Å². The van der Waals surface area contributed by atoms with Gasteiger partial charge in [0.15, 0.2) is 0 Å². The van der Waals surface area contributed by atoms with E-state index in [2.05, 4.69) is 63.2 Å². The van der Waals surface area contributed by atoms with Crippen molar-refractivity contribution in [1.82, 2.24) is 4.90 Å². The van der Waals surface area contributed by atoms with E-state index in [0.717, 1.165) is 6.54 Å². The van der Waals surface area contributed by atoms with Crippen molar-refractivity contribution >= 4 is 5.57 Å². The van der Waals surface area contributed by atoms with Crippen LogP contribution in [0.5, 0.6) is 0 Å². The maximum atomic E-state index is 2.27. The zero-order valence-corrected chi connectivity index (χ0v) is 9.54. The molecule has 1 aromatic rings. The van der Waals surface area contributed by atoms with Crippen LogP contribution in [-0.4, -0.2) is 25.5 Å². The lowest BCUT2D eigenvalue weighted by atomic mass is 10.0. The van der Waals surface area contributed by atoms with Gasteiger partial charge in [0.25, 0.3) is 0 Å². The van der Waals surface area contributed by atoms with Crippen molar-refractivity contribution < 1.29 is 0 Å².